The lowest BCUT2D eigenvalue weighted by atomic mass is 9.89. The van der Waals surface area contributed by atoms with Crippen LogP contribution in [0.3, 0.4) is 0 Å². The first-order valence-corrected chi connectivity index (χ1v) is 7.44. The molecule has 2 aliphatic rings. The second-order valence-electron chi connectivity index (χ2n) is 5.90. The van der Waals surface area contributed by atoms with Crippen molar-refractivity contribution in [2.24, 2.45) is 0 Å². The summed E-state index contributed by atoms with van der Waals surface area (Å²) in [6.07, 6.45) is 3.20. The van der Waals surface area contributed by atoms with Crippen molar-refractivity contribution in [1.29, 1.82) is 0 Å². The van der Waals surface area contributed by atoms with Crippen LogP contribution in [0.1, 0.15) is 31.7 Å². The Bertz CT molecular complexity index is 495. The number of ether oxygens (including phenoxy) is 1. The normalized spacial score (nSPS) is 26.4. The quantitative estimate of drug-likeness (QED) is 0.851. The molecule has 0 bridgehead atoms. The summed E-state index contributed by atoms with van der Waals surface area (Å²) in [5, 5.41) is 3.40. The summed E-state index contributed by atoms with van der Waals surface area (Å²) in [7, 11) is 0. The third-order valence-corrected chi connectivity index (χ3v) is 4.33. The van der Waals surface area contributed by atoms with Gasteiger partial charge in [0.2, 0.25) is 5.91 Å². The second-order valence-corrected chi connectivity index (χ2v) is 5.90. The van der Waals surface area contributed by atoms with Crippen LogP contribution >= 0.6 is 0 Å². The van der Waals surface area contributed by atoms with Gasteiger partial charge in [-0.3, -0.25) is 4.79 Å². The maximum atomic E-state index is 12.8. The number of piperidine rings is 1. The predicted octanol–water partition coefficient (Wildman–Crippen LogP) is 1.94. The fourth-order valence-electron chi connectivity index (χ4n) is 3.09. The number of benzene rings is 1. The molecule has 1 saturated heterocycles. The number of nitrogens with one attached hydrogen (secondary N) is 1. The fourth-order valence-corrected chi connectivity index (χ4v) is 3.09. The van der Waals surface area contributed by atoms with E-state index in [9.17, 15) is 4.79 Å². The molecule has 0 aromatic heterocycles. The molecule has 1 amide bonds. The number of rotatable bonds is 1. The van der Waals surface area contributed by atoms with Gasteiger partial charge in [0.05, 0.1) is 12.1 Å². The van der Waals surface area contributed by atoms with Crippen LogP contribution in [0.15, 0.2) is 24.3 Å². The second kappa shape index (κ2) is 5.44. The van der Waals surface area contributed by atoms with Crippen molar-refractivity contribution in [3.05, 3.63) is 29.8 Å². The van der Waals surface area contributed by atoms with E-state index in [1.165, 1.54) is 0 Å². The molecule has 0 spiro atoms. The highest BCUT2D eigenvalue weighted by molar-refractivity contribution is 5.86. The summed E-state index contributed by atoms with van der Waals surface area (Å²) < 4.78 is 5.73. The molecule has 1 aromatic rings. The Hall–Kier alpha value is -1.55. The topological polar surface area (TPSA) is 41.6 Å². The van der Waals surface area contributed by atoms with Crippen LogP contribution in [-0.4, -0.2) is 36.0 Å². The van der Waals surface area contributed by atoms with Crippen molar-refractivity contribution in [2.75, 3.05) is 19.7 Å². The van der Waals surface area contributed by atoms with E-state index in [4.69, 9.17) is 4.74 Å². The summed E-state index contributed by atoms with van der Waals surface area (Å²) in [6, 6.07) is 7.98. The molecule has 4 nitrogen and oxygen atoms in total. The monoisotopic (exact) mass is 274 g/mol. The number of carbonyl (C=O) groups excluding carboxylic acids is 1. The molecule has 1 atom stereocenters. The lowest BCUT2D eigenvalue weighted by molar-refractivity contribution is -0.139. The highest BCUT2D eigenvalue weighted by atomic mass is 16.5. The molecule has 1 aromatic carbocycles. The van der Waals surface area contributed by atoms with E-state index in [0.717, 1.165) is 37.1 Å². The Labute approximate surface area is 120 Å². The molecule has 1 N–H and O–H groups in total. The largest absolute Gasteiger partial charge is 0.491 e. The number of hydrogen-bond donors (Lipinski definition) is 1. The minimum Gasteiger partial charge on any atom is -0.491 e. The Morgan fingerprint density at radius 2 is 2.20 bits per heavy atom. The average molecular weight is 274 g/mol. The van der Waals surface area contributed by atoms with Crippen molar-refractivity contribution in [1.82, 2.24) is 10.2 Å². The summed E-state index contributed by atoms with van der Waals surface area (Å²) >= 11 is 0. The predicted molar refractivity (Wildman–Crippen MR) is 77.6 cm³/mol. The van der Waals surface area contributed by atoms with Crippen LogP contribution in [0.2, 0.25) is 0 Å². The summed E-state index contributed by atoms with van der Waals surface area (Å²) in [6.45, 7) is 4.84. The van der Waals surface area contributed by atoms with Gasteiger partial charge in [0.25, 0.3) is 0 Å². The van der Waals surface area contributed by atoms with Crippen LogP contribution in [0.25, 0.3) is 0 Å². The molecule has 4 heteroatoms. The molecule has 1 unspecified atom stereocenters. The first kappa shape index (κ1) is 13.4. The molecule has 2 aliphatic heterocycles. The molecule has 0 aliphatic carbocycles. The van der Waals surface area contributed by atoms with Gasteiger partial charge in [0, 0.05) is 12.1 Å². The van der Waals surface area contributed by atoms with Crippen molar-refractivity contribution in [3.63, 3.8) is 0 Å². The van der Waals surface area contributed by atoms with Gasteiger partial charge >= 0.3 is 0 Å². The number of hydrogen-bond acceptors (Lipinski definition) is 3. The lowest BCUT2D eigenvalue weighted by Gasteiger charge is -2.37. The van der Waals surface area contributed by atoms with Crippen molar-refractivity contribution < 1.29 is 9.53 Å². The Morgan fingerprint density at radius 3 is 3.00 bits per heavy atom. The van der Waals surface area contributed by atoms with E-state index in [1.807, 2.05) is 36.1 Å². The zero-order valence-corrected chi connectivity index (χ0v) is 12.0. The molecule has 2 heterocycles. The molecule has 3 rings (SSSR count). The van der Waals surface area contributed by atoms with Gasteiger partial charge in [0.1, 0.15) is 12.4 Å². The number of nitrogens with zero attached hydrogens (tertiary/aromatic N) is 1. The van der Waals surface area contributed by atoms with E-state index >= 15 is 0 Å². The van der Waals surface area contributed by atoms with Crippen LogP contribution in [-0.2, 0) is 11.3 Å². The van der Waals surface area contributed by atoms with Gasteiger partial charge in [-0.25, -0.2) is 0 Å². The smallest absolute Gasteiger partial charge is 0.243 e. The van der Waals surface area contributed by atoms with E-state index in [2.05, 4.69) is 5.32 Å². The number of fused-ring (bicyclic) bond motifs is 1. The zero-order valence-electron chi connectivity index (χ0n) is 12.0. The van der Waals surface area contributed by atoms with Crippen molar-refractivity contribution in [2.45, 2.75) is 38.3 Å². The van der Waals surface area contributed by atoms with Crippen molar-refractivity contribution >= 4 is 5.91 Å². The molecule has 1 fully saturated rings. The van der Waals surface area contributed by atoms with Gasteiger partial charge in [-0.2, -0.15) is 0 Å². The minimum absolute atomic E-state index is 0.206. The standard InChI is InChI=1S/C16H22N2O2/c1-16(8-4-5-9-17-16)15(19)18-10-11-20-14-7-3-2-6-13(14)12-18/h2-3,6-7,17H,4-5,8-12H2,1H3. The maximum absolute atomic E-state index is 12.8. The molecule has 20 heavy (non-hydrogen) atoms. The molecule has 108 valence electrons. The molecular weight excluding hydrogens is 252 g/mol. The minimum atomic E-state index is -0.405. The lowest BCUT2D eigenvalue weighted by Crippen LogP contribution is -2.58. The van der Waals surface area contributed by atoms with E-state index in [0.29, 0.717) is 19.7 Å². The van der Waals surface area contributed by atoms with E-state index < -0.39 is 5.54 Å². The van der Waals surface area contributed by atoms with Crippen LogP contribution in [0.4, 0.5) is 0 Å². The Kier molecular flexibility index (Phi) is 3.66. The highest BCUT2D eigenvalue weighted by Crippen LogP contribution is 2.26. The van der Waals surface area contributed by atoms with Gasteiger partial charge in [-0.1, -0.05) is 18.2 Å². The van der Waals surface area contributed by atoms with Crippen LogP contribution < -0.4 is 10.1 Å². The summed E-state index contributed by atoms with van der Waals surface area (Å²) in [4.78, 5) is 14.8. The van der Waals surface area contributed by atoms with Crippen molar-refractivity contribution in [3.8, 4) is 5.75 Å². The number of carbonyl (C=O) groups is 1. The third-order valence-electron chi connectivity index (χ3n) is 4.33. The first-order chi connectivity index (χ1) is 9.69. The summed E-state index contributed by atoms with van der Waals surface area (Å²) in [5.41, 5.74) is 0.690. The Balaban J connectivity index is 1.78. The Morgan fingerprint density at radius 1 is 1.35 bits per heavy atom. The van der Waals surface area contributed by atoms with E-state index in [1.54, 1.807) is 0 Å². The number of amides is 1. The molecule has 0 radical (unpaired) electrons. The first-order valence-electron chi connectivity index (χ1n) is 7.44. The molecular formula is C16H22N2O2. The highest BCUT2D eigenvalue weighted by Gasteiger charge is 2.38. The van der Waals surface area contributed by atoms with Gasteiger partial charge in [-0.15, -0.1) is 0 Å². The summed E-state index contributed by atoms with van der Waals surface area (Å²) in [5.74, 6) is 1.11. The average Bonchev–Trinajstić information content (AvgIpc) is 2.69. The van der Waals surface area contributed by atoms with Gasteiger partial charge in [-0.05, 0) is 38.8 Å². The van der Waals surface area contributed by atoms with Gasteiger partial charge in [0.15, 0.2) is 0 Å². The zero-order chi connectivity index (χ0) is 14.0. The van der Waals surface area contributed by atoms with Crippen LogP contribution in [0, 0.1) is 0 Å². The molecule has 0 saturated carbocycles. The van der Waals surface area contributed by atoms with Gasteiger partial charge < -0.3 is 15.0 Å². The maximum Gasteiger partial charge on any atom is 0.243 e. The van der Waals surface area contributed by atoms with Crippen LogP contribution in [0.5, 0.6) is 5.75 Å². The fraction of sp³-hybridized carbons (Fsp3) is 0.562. The number of para-hydroxylation sites is 1. The van der Waals surface area contributed by atoms with E-state index in [-0.39, 0.29) is 5.91 Å². The SMILES string of the molecule is CC1(C(=O)N2CCOc3ccccc3C2)CCCCN1. The third kappa shape index (κ3) is 2.52.